The molecule has 0 aromatic carbocycles. The first-order valence-electron chi connectivity index (χ1n) is 9.63. The second-order valence-electron chi connectivity index (χ2n) is 7.56. The highest BCUT2D eigenvalue weighted by atomic mass is 16.5. The van der Waals surface area contributed by atoms with Crippen molar-refractivity contribution in [1.82, 2.24) is 25.2 Å². The summed E-state index contributed by atoms with van der Waals surface area (Å²) in [6.45, 7) is 8.28. The van der Waals surface area contributed by atoms with Gasteiger partial charge < -0.3 is 14.6 Å². The fraction of sp³-hybridized carbons (Fsp3) is 0.632. The lowest BCUT2D eigenvalue weighted by Gasteiger charge is -2.33. The molecular weight excluding hydrogens is 346 g/mol. The topological polar surface area (TPSA) is 85.4 Å². The molecule has 8 nitrogen and oxygen atoms in total. The molecule has 0 saturated carbocycles. The Morgan fingerprint density at radius 1 is 1.33 bits per heavy atom. The highest BCUT2D eigenvalue weighted by molar-refractivity contribution is 5.80. The summed E-state index contributed by atoms with van der Waals surface area (Å²) in [4.78, 5) is 15.2. The van der Waals surface area contributed by atoms with Crippen LogP contribution in [-0.4, -0.2) is 52.0 Å². The molecule has 2 aliphatic heterocycles. The van der Waals surface area contributed by atoms with Crippen molar-refractivity contribution in [1.29, 1.82) is 0 Å². The molecular formula is C19H27N5O3. The van der Waals surface area contributed by atoms with Crippen molar-refractivity contribution < 1.29 is 14.1 Å². The number of ether oxygens (including phenoxy) is 1. The van der Waals surface area contributed by atoms with Crippen molar-refractivity contribution in [3.05, 3.63) is 35.0 Å². The van der Waals surface area contributed by atoms with E-state index in [1.54, 1.807) is 6.20 Å². The van der Waals surface area contributed by atoms with Gasteiger partial charge in [0.05, 0.1) is 11.4 Å². The van der Waals surface area contributed by atoms with Crippen LogP contribution in [0.25, 0.3) is 0 Å². The average molecular weight is 373 g/mol. The maximum absolute atomic E-state index is 12.9. The summed E-state index contributed by atoms with van der Waals surface area (Å²) in [5.41, 5.74) is 3.07. The Morgan fingerprint density at radius 2 is 2.15 bits per heavy atom. The maximum atomic E-state index is 12.9. The van der Waals surface area contributed by atoms with Crippen LogP contribution in [0.15, 0.2) is 16.8 Å². The van der Waals surface area contributed by atoms with Crippen LogP contribution in [-0.2, 0) is 22.6 Å². The molecule has 2 aliphatic rings. The molecule has 1 saturated heterocycles. The lowest BCUT2D eigenvalue weighted by molar-refractivity contribution is -0.126. The number of nitrogens with one attached hydrogen (secondary N) is 1. The van der Waals surface area contributed by atoms with Crippen LogP contribution in [0.1, 0.15) is 41.6 Å². The second-order valence-corrected chi connectivity index (χ2v) is 7.56. The molecule has 1 fully saturated rings. The summed E-state index contributed by atoms with van der Waals surface area (Å²) < 4.78 is 12.5. The van der Waals surface area contributed by atoms with Crippen LogP contribution < -0.4 is 5.32 Å². The Bertz CT molecular complexity index is 774. The summed E-state index contributed by atoms with van der Waals surface area (Å²) in [5, 5.41) is 11.6. The lowest BCUT2D eigenvalue weighted by Crippen LogP contribution is -2.46. The van der Waals surface area contributed by atoms with Crippen LogP contribution >= 0.6 is 0 Å². The largest absolute Gasteiger partial charge is 0.381 e. The van der Waals surface area contributed by atoms with Crippen LogP contribution in [0.4, 0.5) is 0 Å². The van der Waals surface area contributed by atoms with Crippen LogP contribution in [0.3, 0.4) is 0 Å². The standard InChI is InChI=1S/C19H27N5O3/c1-13-17(14(2)27-22-13)11-23-10-16-3-6-21-24(16)18(12-23)19(25)20-9-15-4-7-26-8-5-15/h3,6,15,18H,4-5,7-12H2,1-2H3,(H,20,25)/t18-/m1/s1. The van der Waals surface area contributed by atoms with Gasteiger partial charge in [0.2, 0.25) is 5.91 Å². The molecule has 4 heterocycles. The van der Waals surface area contributed by atoms with E-state index in [0.717, 1.165) is 61.9 Å². The lowest BCUT2D eigenvalue weighted by atomic mass is 10.0. The number of aromatic nitrogens is 3. The smallest absolute Gasteiger partial charge is 0.246 e. The molecule has 4 rings (SSSR count). The van der Waals surface area contributed by atoms with E-state index in [0.29, 0.717) is 19.0 Å². The minimum Gasteiger partial charge on any atom is -0.381 e. The Balaban J connectivity index is 1.44. The monoisotopic (exact) mass is 373 g/mol. The van der Waals surface area contributed by atoms with E-state index < -0.39 is 0 Å². The molecule has 1 amide bonds. The SMILES string of the molecule is Cc1noc(C)c1CN1Cc2ccnn2[C@@H](C(=O)NCC2CCOCC2)C1. The number of carbonyl (C=O) groups is 1. The van der Waals surface area contributed by atoms with Gasteiger partial charge in [-0.1, -0.05) is 5.16 Å². The van der Waals surface area contributed by atoms with E-state index in [9.17, 15) is 4.79 Å². The number of fused-ring (bicyclic) bond motifs is 1. The Morgan fingerprint density at radius 3 is 2.89 bits per heavy atom. The number of rotatable bonds is 5. The summed E-state index contributed by atoms with van der Waals surface area (Å²) in [6.07, 6.45) is 3.79. The minimum atomic E-state index is -0.316. The fourth-order valence-corrected chi connectivity index (χ4v) is 3.94. The van der Waals surface area contributed by atoms with E-state index >= 15 is 0 Å². The van der Waals surface area contributed by atoms with Gasteiger partial charge in [-0.15, -0.1) is 0 Å². The van der Waals surface area contributed by atoms with Gasteiger partial charge in [0, 0.05) is 51.2 Å². The van der Waals surface area contributed by atoms with Crippen molar-refractivity contribution in [2.45, 2.75) is 45.8 Å². The number of hydrogen-bond acceptors (Lipinski definition) is 6. The number of hydrogen-bond donors (Lipinski definition) is 1. The molecule has 1 N–H and O–H groups in total. The van der Waals surface area contributed by atoms with E-state index in [1.807, 2.05) is 24.6 Å². The number of aryl methyl sites for hydroxylation is 2. The Labute approximate surface area is 158 Å². The van der Waals surface area contributed by atoms with Gasteiger partial charge in [-0.05, 0) is 38.7 Å². The minimum absolute atomic E-state index is 0.0369. The molecule has 0 bridgehead atoms. The number of carbonyl (C=O) groups excluding carboxylic acids is 1. The molecule has 0 spiro atoms. The zero-order valence-corrected chi connectivity index (χ0v) is 16.0. The van der Waals surface area contributed by atoms with Gasteiger partial charge in [-0.2, -0.15) is 5.10 Å². The molecule has 1 atom stereocenters. The number of nitrogens with zero attached hydrogens (tertiary/aromatic N) is 4. The third kappa shape index (κ3) is 3.91. The van der Waals surface area contributed by atoms with E-state index in [2.05, 4.69) is 20.5 Å². The molecule has 0 aliphatic carbocycles. The highest BCUT2D eigenvalue weighted by Crippen LogP contribution is 2.24. The van der Waals surface area contributed by atoms with Gasteiger partial charge in [0.1, 0.15) is 11.8 Å². The van der Waals surface area contributed by atoms with Gasteiger partial charge in [0.15, 0.2) is 0 Å². The molecule has 27 heavy (non-hydrogen) atoms. The van der Waals surface area contributed by atoms with Crippen molar-refractivity contribution in [2.75, 3.05) is 26.3 Å². The third-order valence-electron chi connectivity index (χ3n) is 5.64. The summed E-state index contributed by atoms with van der Waals surface area (Å²) in [7, 11) is 0. The first-order valence-corrected chi connectivity index (χ1v) is 9.63. The molecule has 0 radical (unpaired) electrons. The Kier molecular flexibility index (Phi) is 5.27. The summed E-state index contributed by atoms with van der Waals surface area (Å²) in [6, 6.07) is 1.67. The first kappa shape index (κ1) is 18.2. The van der Waals surface area contributed by atoms with Crippen LogP contribution in [0.5, 0.6) is 0 Å². The van der Waals surface area contributed by atoms with Crippen molar-refractivity contribution in [3.8, 4) is 0 Å². The number of amides is 1. The molecule has 146 valence electrons. The summed E-state index contributed by atoms with van der Waals surface area (Å²) >= 11 is 0. The summed E-state index contributed by atoms with van der Waals surface area (Å²) in [5.74, 6) is 1.38. The first-order chi connectivity index (χ1) is 13.1. The molecule has 2 aromatic heterocycles. The van der Waals surface area contributed by atoms with Crippen molar-refractivity contribution >= 4 is 5.91 Å². The molecule has 2 aromatic rings. The second kappa shape index (κ2) is 7.82. The predicted octanol–water partition coefficient (Wildman–Crippen LogP) is 1.59. The molecule has 0 unspecified atom stereocenters. The van der Waals surface area contributed by atoms with Gasteiger partial charge in [-0.25, -0.2) is 0 Å². The third-order valence-corrected chi connectivity index (χ3v) is 5.64. The van der Waals surface area contributed by atoms with Gasteiger partial charge in [-0.3, -0.25) is 14.4 Å². The zero-order valence-electron chi connectivity index (χ0n) is 16.0. The fourth-order valence-electron chi connectivity index (χ4n) is 3.94. The normalized spacial score (nSPS) is 21.2. The van der Waals surface area contributed by atoms with Gasteiger partial charge in [0.25, 0.3) is 0 Å². The highest BCUT2D eigenvalue weighted by Gasteiger charge is 2.32. The van der Waals surface area contributed by atoms with E-state index in [-0.39, 0.29) is 11.9 Å². The van der Waals surface area contributed by atoms with Crippen LogP contribution in [0, 0.1) is 19.8 Å². The van der Waals surface area contributed by atoms with E-state index in [4.69, 9.17) is 9.26 Å². The van der Waals surface area contributed by atoms with Gasteiger partial charge >= 0.3 is 0 Å². The predicted molar refractivity (Wildman–Crippen MR) is 97.9 cm³/mol. The quantitative estimate of drug-likeness (QED) is 0.857. The Hall–Kier alpha value is -2.19. The zero-order chi connectivity index (χ0) is 18.8. The molecule has 8 heteroatoms. The van der Waals surface area contributed by atoms with Crippen LogP contribution in [0.2, 0.25) is 0 Å². The average Bonchev–Trinajstić information content (AvgIpc) is 3.28. The van der Waals surface area contributed by atoms with Crippen molar-refractivity contribution in [2.24, 2.45) is 5.92 Å². The van der Waals surface area contributed by atoms with Crippen molar-refractivity contribution in [3.63, 3.8) is 0 Å². The maximum Gasteiger partial charge on any atom is 0.246 e. The van der Waals surface area contributed by atoms with E-state index in [1.165, 1.54) is 0 Å².